The number of nitro groups is 1. The standard InChI is InChI=1S/C10H9N3O5/c11-10(16)12-8(14)5-4-6-2-1-3-7(9(6)15)13(17)18/h1-5,15H,(H3,11,12,14,16)/p-1/b5-4+. The van der Waals surface area contributed by atoms with Crippen molar-refractivity contribution in [3.63, 3.8) is 0 Å². The minimum Gasteiger partial charge on any atom is -0.867 e. The first-order valence-electron chi connectivity index (χ1n) is 4.64. The number of nitrogens with one attached hydrogen (secondary N) is 1. The van der Waals surface area contributed by atoms with Crippen LogP contribution in [-0.2, 0) is 4.79 Å². The van der Waals surface area contributed by atoms with E-state index in [1.165, 1.54) is 12.1 Å². The van der Waals surface area contributed by atoms with Crippen molar-refractivity contribution in [2.24, 2.45) is 5.73 Å². The molecule has 0 fully saturated rings. The zero-order valence-electron chi connectivity index (χ0n) is 8.95. The fourth-order valence-corrected chi connectivity index (χ4v) is 1.15. The SMILES string of the molecule is NC(=O)NC(=O)/C=C/c1cccc([N+](=O)[O-])c1[O-]. The maximum Gasteiger partial charge on any atom is 0.319 e. The quantitative estimate of drug-likeness (QED) is 0.437. The molecular weight excluding hydrogens is 242 g/mol. The van der Waals surface area contributed by atoms with Crippen molar-refractivity contribution in [1.29, 1.82) is 0 Å². The molecule has 0 aromatic heterocycles. The van der Waals surface area contributed by atoms with Crippen LogP contribution >= 0.6 is 0 Å². The second-order valence-electron chi connectivity index (χ2n) is 3.14. The monoisotopic (exact) mass is 250 g/mol. The summed E-state index contributed by atoms with van der Waals surface area (Å²) in [6.07, 6.45) is 1.94. The first kappa shape index (κ1) is 13.2. The molecular formula is C10H8N3O5-. The summed E-state index contributed by atoms with van der Waals surface area (Å²) in [5.41, 5.74) is 4.07. The van der Waals surface area contributed by atoms with Gasteiger partial charge in [-0.2, -0.15) is 0 Å². The largest absolute Gasteiger partial charge is 0.867 e. The number of hydrogen-bond donors (Lipinski definition) is 2. The summed E-state index contributed by atoms with van der Waals surface area (Å²) in [6, 6.07) is 2.64. The summed E-state index contributed by atoms with van der Waals surface area (Å²) in [5, 5.41) is 23.8. The highest BCUT2D eigenvalue weighted by molar-refractivity contribution is 6.02. The van der Waals surface area contributed by atoms with Gasteiger partial charge < -0.3 is 10.8 Å². The van der Waals surface area contributed by atoms with Crippen molar-refractivity contribution in [3.8, 4) is 5.75 Å². The molecule has 8 nitrogen and oxygen atoms in total. The molecule has 3 N–H and O–H groups in total. The number of para-hydroxylation sites is 1. The minimum absolute atomic E-state index is 0.0381. The van der Waals surface area contributed by atoms with E-state index in [9.17, 15) is 24.8 Å². The predicted molar refractivity (Wildman–Crippen MR) is 59.3 cm³/mol. The Bertz CT molecular complexity index is 538. The van der Waals surface area contributed by atoms with Gasteiger partial charge in [-0.15, -0.1) is 0 Å². The first-order chi connectivity index (χ1) is 8.41. The van der Waals surface area contributed by atoms with Crippen LogP contribution in [0.5, 0.6) is 5.75 Å². The van der Waals surface area contributed by atoms with E-state index in [2.05, 4.69) is 0 Å². The Morgan fingerprint density at radius 2 is 2.06 bits per heavy atom. The third-order valence-corrected chi connectivity index (χ3v) is 1.88. The fraction of sp³-hybridized carbons (Fsp3) is 0. The number of nitrogens with two attached hydrogens (primary N) is 1. The summed E-state index contributed by atoms with van der Waals surface area (Å²) < 4.78 is 0. The van der Waals surface area contributed by atoms with Gasteiger partial charge in [0.05, 0.1) is 4.92 Å². The second-order valence-corrected chi connectivity index (χ2v) is 3.14. The smallest absolute Gasteiger partial charge is 0.319 e. The van der Waals surface area contributed by atoms with Crippen LogP contribution in [0.15, 0.2) is 24.3 Å². The molecule has 0 bridgehead atoms. The van der Waals surface area contributed by atoms with Crippen LogP contribution in [0.25, 0.3) is 6.08 Å². The van der Waals surface area contributed by atoms with Crippen molar-refractivity contribution in [1.82, 2.24) is 5.32 Å². The van der Waals surface area contributed by atoms with Crippen LogP contribution in [0.3, 0.4) is 0 Å². The Hall–Kier alpha value is -2.90. The number of imide groups is 1. The molecule has 8 heteroatoms. The number of rotatable bonds is 3. The van der Waals surface area contributed by atoms with Crippen molar-refractivity contribution in [2.75, 3.05) is 0 Å². The lowest BCUT2D eigenvalue weighted by atomic mass is 10.1. The summed E-state index contributed by atoms with van der Waals surface area (Å²) in [4.78, 5) is 31.0. The van der Waals surface area contributed by atoms with E-state index >= 15 is 0 Å². The van der Waals surface area contributed by atoms with Crippen LogP contribution in [0.4, 0.5) is 10.5 Å². The molecule has 0 aliphatic heterocycles. The number of amides is 3. The summed E-state index contributed by atoms with van der Waals surface area (Å²) in [6.45, 7) is 0. The van der Waals surface area contributed by atoms with Gasteiger partial charge in [0, 0.05) is 12.1 Å². The van der Waals surface area contributed by atoms with Crippen LogP contribution in [-0.4, -0.2) is 16.9 Å². The molecule has 0 heterocycles. The molecule has 0 spiro atoms. The molecule has 0 atom stereocenters. The summed E-state index contributed by atoms with van der Waals surface area (Å²) in [5.74, 6) is -1.64. The first-order valence-corrected chi connectivity index (χ1v) is 4.64. The molecule has 0 saturated heterocycles. The van der Waals surface area contributed by atoms with E-state index in [0.29, 0.717) is 0 Å². The summed E-state index contributed by atoms with van der Waals surface area (Å²) in [7, 11) is 0. The molecule has 0 saturated carbocycles. The summed E-state index contributed by atoms with van der Waals surface area (Å²) >= 11 is 0. The average molecular weight is 250 g/mol. The van der Waals surface area contributed by atoms with Crippen molar-refractivity contribution in [2.45, 2.75) is 0 Å². The maximum atomic E-state index is 11.5. The number of nitro benzene ring substituents is 1. The van der Waals surface area contributed by atoms with Crippen LogP contribution in [0, 0.1) is 10.1 Å². The number of primary amides is 1. The number of carbonyl (C=O) groups is 2. The molecule has 18 heavy (non-hydrogen) atoms. The van der Waals surface area contributed by atoms with E-state index in [4.69, 9.17) is 5.73 Å². The Balaban J connectivity index is 2.95. The van der Waals surface area contributed by atoms with Gasteiger partial charge in [-0.25, -0.2) is 4.79 Å². The Kier molecular flexibility index (Phi) is 3.98. The van der Waals surface area contributed by atoms with E-state index < -0.39 is 28.3 Å². The zero-order chi connectivity index (χ0) is 13.7. The predicted octanol–water partition coefficient (Wildman–Crippen LogP) is -0.124. The van der Waals surface area contributed by atoms with Crippen LogP contribution in [0.2, 0.25) is 0 Å². The average Bonchev–Trinajstić information content (AvgIpc) is 2.26. The van der Waals surface area contributed by atoms with Crippen molar-refractivity contribution < 1.29 is 19.6 Å². The van der Waals surface area contributed by atoms with Gasteiger partial charge in [-0.1, -0.05) is 12.1 Å². The topological polar surface area (TPSA) is 138 Å². The third kappa shape index (κ3) is 3.30. The Labute approximate surface area is 101 Å². The lowest BCUT2D eigenvalue weighted by molar-refractivity contribution is -0.398. The lowest BCUT2D eigenvalue weighted by Crippen LogP contribution is -2.33. The molecule has 1 rings (SSSR count). The van der Waals surface area contributed by atoms with Gasteiger partial charge in [0.15, 0.2) is 0 Å². The molecule has 1 aromatic rings. The lowest BCUT2D eigenvalue weighted by Gasteiger charge is -2.09. The van der Waals surface area contributed by atoms with Crippen LogP contribution < -0.4 is 16.2 Å². The highest BCUT2D eigenvalue weighted by atomic mass is 16.6. The zero-order valence-corrected chi connectivity index (χ0v) is 8.95. The second kappa shape index (κ2) is 5.43. The van der Waals surface area contributed by atoms with Crippen molar-refractivity contribution in [3.05, 3.63) is 40.0 Å². The molecule has 0 aliphatic rings. The Morgan fingerprint density at radius 1 is 1.39 bits per heavy atom. The molecule has 94 valence electrons. The van der Waals surface area contributed by atoms with E-state index in [1.54, 1.807) is 5.32 Å². The number of benzene rings is 1. The molecule has 0 radical (unpaired) electrons. The van der Waals surface area contributed by atoms with Gasteiger partial charge in [-0.05, 0) is 17.4 Å². The fourth-order valence-electron chi connectivity index (χ4n) is 1.15. The van der Waals surface area contributed by atoms with E-state index in [1.807, 2.05) is 0 Å². The number of hydrogen-bond acceptors (Lipinski definition) is 5. The Morgan fingerprint density at radius 3 is 2.61 bits per heavy atom. The molecule has 0 aliphatic carbocycles. The van der Waals surface area contributed by atoms with E-state index in [-0.39, 0.29) is 5.56 Å². The van der Waals surface area contributed by atoms with Crippen LogP contribution in [0.1, 0.15) is 5.56 Å². The van der Waals surface area contributed by atoms with Gasteiger partial charge in [-0.3, -0.25) is 20.2 Å². The number of nitrogens with zero attached hydrogens (tertiary/aromatic N) is 1. The third-order valence-electron chi connectivity index (χ3n) is 1.88. The normalized spacial score (nSPS) is 10.2. The molecule has 3 amide bonds. The maximum absolute atomic E-state index is 11.5. The van der Waals surface area contributed by atoms with Gasteiger partial charge in [0.2, 0.25) is 0 Å². The number of carbonyl (C=O) groups excluding carboxylic acids is 2. The minimum atomic E-state index is -1.04. The van der Waals surface area contributed by atoms with Gasteiger partial charge >= 0.3 is 6.03 Å². The molecule has 1 aromatic carbocycles. The van der Waals surface area contributed by atoms with E-state index in [0.717, 1.165) is 18.2 Å². The number of urea groups is 1. The highest BCUT2D eigenvalue weighted by Gasteiger charge is 2.08. The highest BCUT2D eigenvalue weighted by Crippen LogP contribution is 2.27. The van der Waals surface area contributed by atoms with Crippen molar-refractivity contribution >= 4 is 23.7 Å². The van der Waals surface area contributed by atoms with Gasteiger partial charge in [0.25, 0.3) is 11.6 Å². The van der Waals surface area contributed by atoms with Gasteiger partial charge in [0.1, 0.15) is 0 Å². The molecule has 0 unspecified atom stereocenters.